The quantitative estimate of drug-likeness (QED) is 0.748. The third-order valence-electron chi connectivity index (χ3n) is 5.04. The molecule has 0 unspecified atom stereocenters. The van der Waals surface area contributed by atoms with Crippen LogP contribution < -0.4 is 5.32 Å². The minimum absolute atomic E-state index is 0.00108. The van der Waals surface area contributed by atoms with Crippen LogP contribution in [0.4, 0.5) is 4.79 Å². The summed E-state index contributed by atoms with van der Waals surface area (Å²) in [5, 5.41) is 7.08. The molecule has 1 N–H and O–H groups in total. The molecule has 2 aliphatic rings. The Labute approximate surface area is 147 Å². The van der Waals surface area contributed by atoms with Gasteiger partial charge in [0.25, 0.3) is 0 Å². The zero-order valence-electron chi connectivity index (χ0n) is 14.6. The van der Waals surface area contributed by atoms with E-state index >= 15 is 0 Å². The number of nitrogens with zero attached hydrogens (tertiary/aromatic N) is 4. The Morgan fingerprint density at radius 1 is 1.44 bits per heavy atom. The van der Waals surface area contributed by atoms with Gasteiger partial charge in [0.1, 0.15) is 24.2 Å². The molecule has 2 amide bonds. The molecule has 0 radical (unpaired) electrons. The van der Waals surface area contributed by atoms with Crippen molar-refractivity contribution in [3.05, 3.63) is 36.3 Å². The van der Waals surface area contributed by atoms with Gasteiger partial charge in [-0.2, -0.15) is 5.10 Å². The third-order valence-corrected chi connectivity index (χ3v) is 5.04. The van der Waals surface area contributed by atoms with E-state index in [1.807, 2.05) is 11.0 Å². The summed E-state index contributed by atoms with van der Waals surface area (Å²) in [7, 11) is 0. The molecule has 2 heterocycles. The van der Waals surface area contributed by atoms with E-state index in [4.69, 9.17) is 4.42 Å². The van der Waals surface area contributed by atoms with Crippen molar-refractivity contribution < 1.29 is 9.21 Å². The second-order valence-electron chi connectivity index (χ2n) is 7.23. The Hall–Kier alpha value is -2.31. The summed E-state index contributed by atoms with van der Waals surface area (Å²) in [4.78, 5) is 18.4. The molecule has 2 saturated carbocycles. The number of aromatic nitrogens is 3. The Morgan fingerprint density at radius 2 is 2.28 bits per heavy atom. The Kier molecular flexibility index (Phi) is 4.46. The van der Waals surface area contributed by atoms with Gasteiger partial charge in [0.15, 0.2) is 0 Å². The van der Waals surface area contributed by atoms with Gasteiger partial charge in [-0.1, -0.05) is 6.92 Å². The summed E-state index contributed by atoms with van der Waals surface area (Å²) in [6, 6.07) is 4.45. The second-order valence-corrected chi connectivity index (χ2v) is 7.23. The van der Waals surface area contributed by atoms with Crippen LogP contribution in [-0.2, 0) is 13.1 Å². The van der Waals surface area contributed by atoms with Crippen LogP contribution in [-0.4, -0.2) is 38.3 Å². The maximum atomic E-state index is 12.5. The zero-order valence-corrected chi connectivity index (χ0v) is 14.6. The number of aryl methyl sites for hydroxylation is 1. The summed E-state index contributed by atoms with van der Waals surface area (Å²) in [5.41, 5.74) is 0. The fourth-order valence-corrected chi connectivity index (χ4v) is 3.20. The molecule has 2 aliphatic carbocycles. The molecule has 7 heteroatoms. The maximum Gasteiger partial charge on any atom is 0.318 e. The maximum absolute atomic E-state index is 12.5. The van der Waals surface area contributed by atoms with E-state index in [1.165, 1.54) is 12.7 Å². The first-order chi connectivity index (χ1) is 12.2. The number of nitrogens with one attached hydrogen (secondary N) is 1. The normalized spacial score (nSPS) is 22.0. The van der Waals surface area contributed by atoms with Crippen molar-refractivity contribution in [1.29, 1.82) is 0 Å². The molecule has 2 fully saturated rings. The molecular weight excluding hydrogens is 318 g/mol. The number of amides is 2. The highest BCUT2D eigenvalue weighted by Crippen LogP contribution is 2.47. The van der Waals surface area contributed by atoms with Gasteiger partial charge in [-0.25, -0.2) is 9.78 Å². The number of furan rings is 1. The van der Waals surface area contributed by atoms with Crippen LogP contribution in [0.15, 0.2) is 29.2 Å². The molecule has 7 nitrogen and oxygen atoms in total. The summed E-state index contributed by atoms with van der Waals surface area (Å²) in [6.07, 6.45) is 7.42. The number of hydrogen-bond donors (Lipinski definition) is 1. The molecule has 134 valence electrons. The van der Waals surface area contributed by atoms with Crippen molar-refractivity contribution in [3.8, 4) is 0 Å². The fourth-order valence-electron chi connectivity index (χ4n) is 3.20. The van der Waals surface area contributed by atoms with Crippen LogP contribution in [0.25, 0.3) is 0 Å². The number of urea groups is 1. The van der Waals surface area contributed by atoms with E-state index in [2.05, 4.69) is 28.4 Å². The summed E-state index contributed by atoms with van der Waals surface area (Å²) in [5.74, 6) is 3.27. The minimum Gasteiger partial charge on any atom is -0.464 e. The zero-order chi connectivity index (χ0) is 17.2. The highest BCUT2D eigenvalue weighted by molar-refractivity contribution is 5.74. The molecule has 0 aliphatic heterocycles. The van der Waals surface area contributed by atoms with Crippen molar-refractivity contribution >= 4 is 6.03 Å². The van der Waals surface area contributed by atoms with Gasteiger partial charge in [-0.15, -0.1) is 0 Å². The van der Waals surface area contributed by atoms with Crippen molar-refractivity contribution in [1.82, 2.24) is 25.0 Å². The number of hydrogen-bond acceptors (Lipinski definition) is 4. The van der Waals surface area contributed by atoms with E-state index in [0.717, 1.165) is 43.2 Å². The van der Waals surface area contributed by atoms with E-state index in [9.17, 15) is 4.79 Å². The summed E-state index contributed by atoms with van der Waals surface area (Å²) >= 11 is 0. The molecule has 25 heavy (non-hydrogen) atoms. The van der Waals surface area contributed by atoms with Gasteiger partial charge >= 0.3 is 6.03 Å². The standard InChI is InChI=1S/C18H25N5O2/c1-13-9-16(13)17-6-5-15(25-17)10-23(14-3-4-14)18(24)20-7-2-8-22-12-19-11-21-22/h5-6,11-14,16H,2-4,7-10H2,1H3,(H,20,24)/t13-,16-/m1/s1. The predicted octanol–water partition coefficient (Wildman–Crippen LogP) is 2.76. The van der Waals surface area contributed by atoms with Crippen LogP contribution in [0.3, 0.4) is 0 Å². The third kappa shape index (κ3) is 4.03. The summed E-state index contributed by atoms with van der Waals surface area (Å²) < 4.78 is 7.74. The van der Waals surface area contributed by atoms with Crippen molar-refractivity contribution in [2.24, 2.45) is 5.92 Å². The number of rotatable bonds is 8. The lowest BCUT2D eigenvalue weighted by Gasteiger charge is -2.21. The first-order valence-corrected chi connectivity index (χ1v) is 9.16. The van der Waals surface area contributed by atoms with Crippen LogP contribution in [0.2, 0.25) is 0 Å². The smallest absolute Gasteiger partial charge is 0.318 e. The van der Waals surface area contributed by atoms with E-state index < -0.39 is 0 Å². The molecule has 0 saturated heterocycles. The molecule has 0 spiro atoms. The largest absolute Gasteiger partial charge is 0.464 e. The van der Waals surface area contributed by atoms with Gasteiger partial charge < -0.3 is 14.6 Å². The van der Waals surface area contributed by atoms with Crippen molar-refractivity contribution in [3.63, 3.8) is 0 Å². The number of carbonyl (C=O) groups excluding carboxylic acids is 1. The van der Waals surface area contributed by atoms with Crippen molar-refractivity contribution in [2.45, 2.75) is 57.7 Å². The highest BCUT2D eigenvalue weighted by Gasteiger charge is 2.37. The Bertz CT molecular complexity index is 707. The topological polar surface area (TPSA) is 76.2 Å². The van der Waals surface area contributed by atoms with E-state index in [1.54, 1.807) is 11.0 Å². The van der Waals surface area contributed by atoms with E-state index in [-0.39, 0.29) is 6.03 Å². The lowest BCUT2D eigenvalue weighted by atomic mass is 10.3. The van der Waals surface area contributed by atoms with Crippen LogP contribution in [0.5, 0.6) is 0 Å². The lowest BCUT2D eigenvalue weighted by Crippen LogP contribution is -2.41. The van der Waals surface area contributed by atoms with Crippen LogP contribution in [0.1, 0.15) is 50.0 Å². The molecule has 2 aromatic heterocycles. The Morgan fingerprint density at radius 3 is 2.96 bits per heavy atom. The highest BCUT2D eigenvalue weighted by atomic mass is 16.3. The molecule has 0 aromatic carbocycles. The van der Waals surface area contributed by atoms with Gasteiger partial charge in [0, 0.05) is 25.0 Å². The molecule has 2 aromatic rings. The SMILES string of the molecule is C[C@@H]1C[C@H]1c1ccc(CN(C(=O)NCCCn2cncn2)C2CC2)o1. The molecule has 0 bridgehead atoms. The van der Waals surface area contributed by atoms with Gasteiger partial charge in [-0.3, -0.25) is 4.68 Å². The molecule has 2 atom stereocenters. The van der Waals surface area contributed by atoms with Crippen LogP contribution >= 0.6 is 0 Å². The average molecular weight is 343 g/mol. The van der Waals surface area contributed by atoms with Gasteiger partial charge in [0.2, 0.25) is 0 Å². The molecular formula is C18H25N5O2. The van der Waals surface area contributed by atoms with Gasteiger partial charge in [0.05, 0.1) is 6.54 Å². The first-order valence-electron chi connectivity index (χ1n) is 9.16. The predicted molar refractivity (Wildman–Crippen MR) is 91.8 cm³/mol. The first kappa shape index (κ1) is 16.2. The Balaban J connectivity index is 1.27. The average Bonchev–Trinajstić information content (AvgIpc) is 3.46. The van der Waals surface area contributed by atoms with Gasteiger partial charge in [-0.05, 0) is 43.7 Å². The minimum atomic E-state index is -0.00108. The number of carbonyl (C=O) groups is 1. The van der Waals surface area contributed by atoms with Crippen molar-refractivity contribution in [2.75, 3.05) is 6.54 Å². The second kappa shape index (κ2) is 6.90. The monoisotopic (exact) mass is 343 g/mol. The fraction of sp³-hybridized carbons (Fsp3) is 0.611. The van der Waals surface area contributed by atoms with Crippen LogP contribution in [0, 0.1) is 5.92 Å². The summed E-state index contributed by atoms with van der Waals surface area (Å²) in [6.45, 7) is 4.19. The lowest BCUT2D eigenvalue weighted by molar-refractivity contribution is 0.186. The van der Waals surface area contributed by atoms with E-state index in [0.29, 0.717) is 25.0 Å². The molecule has 4 rings (SSSR count).